The van der Waals surface area contributed by atoms with Crippen LogP contribution in [-0.4, -0.2) is 28.5 Å². The number of benzene rings is 1. The van der Waals surface area contributed by atoms with Crippen molar-refractivity contribution in [3.63, 3.8) is 0 Å². The van der Waals surface area contributed by atoms with Crippen LogP contribution in [0, 0.1) is 5.41 Å². The van der Waals surface area contributed by atoms with Gasteiger partial charge in [-0.05, 0) is 24.1 Å². The van der Waals surface area contributed by atoms with Gasteiger partial charge in [-0.15, -0.1) is 0 Å². The van der Waals surface area contributed by atoms with Crippen molar-refractivity contribution >= 4 is 11.7 Å². The van der Waals surface area contributed by atoms with Gasteiger partial charge in [0.2, 0.25) is 5.91 Å². The van der Waals surface area contributed by atoms with Crippen molar-refractivity contribution in [3.8, 4) is 11.5 Å². The summed E-state index contributed by atoms with van der Waals surface area (Å²) in [6.45, 7) is 0.432. The predicted molar refractivity (Wildman–Crippen MR) is 67.6 cm³/mol. The minimum atomic E-state index is -0.171. The van der Waals surface area contributed by atoms with Gasteiger partial charge < -0.3 is 21.3 Å². The van der Waals surface area contributed by atoms with Crippen LogP contribution in [-0.2, 0) is 11.2 Å². The normalized spacial score (nSPS) is 10.0. The van der Waals surface area contributed by atoms with Crippen LogP contribution in [0.1, 0.15) is 18.4 Å². The highest BCUT2D eigenvalue weighted by molar-refractivity contribution is 5.84. The Kier molecular flexibility index (Phi) is 4.98. The Morgan fingerprint density at radius 2 is 2.00 bits per heavy atom. The predicted octanol–water partition coefficient (Wildman–Crippen LogP) is 0.473. The summed E-state index contributed by atoms with van der Waals surface area (Å²) in [5.41, 5.74) is 5.96. The van der Waals surface area contributed by atoms with E-state index in [1.54, 1.807) is 6.07 Å². The number of aromatic hydroxyl groups is 2. The zero-order valence-corrected chi connectivity index (χ0v) is 9.94. The maximum absolute atomic E-state index is 11.3. The van der Waals surface area contributed by atoms with Crippen molar-refractivity contribution in [1.82, 2.24) is 5.32 Å². The number of nitrogens with two attached hydrogens (primary N) is 1. The van der Waals surface area contributed by atoms with Gasteiger partial charge in [-0.2, -0.15) is 0 Å². The van der Waals surface area contributed by atoms with Crippen LogP contribution in [0.3, 0.4) is 0 Å². The molecule has 0 bridgehead atoms. The molecular formula is C12H17N3O3. The van der Waals surface area contributed by atoms with Crippen LogP contribution in [0.15, 0.2) is 18.2 Å². The van der Waals surface area contributed by atoms with Gasteiger partial charge in [0.1, 0.15) is 0 Å². The highest BCUT2D eigenvalue weighted by Crippen LogP contribution is 2.24. The molecule has 1 aromatic carbocycles. The molecule has 98 valence electrons. The SMILES string of the molecule is N=C(N)CCC(=O)NCCc1ccc(O)c(O)c1. The number of nitrogens with one attached hydrogen (secondary N) is 2. The molecule has 1 rings (SSSR count). The maximum Gasteiger partial charge on any atom is 0.220 e. The Balaban J connectivity index is 2.30. The Labute approximate surface area is 105 Å². The quantitative estimate of drug-likeness (QED) is 0.287. The third-order valence-corrected chi connectivity index (χ3v) is 2.40. The van der Waals surface area contributed by atoms with Crippen LogP contribution in [0.4, 0.5) is 0 Å². The summed E-state index contributed by atoms with van der Waals surface area (Å²) in [5, 5.41) is 28.1. The molecule has 0 saturated carbocycles. The molecule has 0 fully saturated rings. The van der Waals surface area contributed by atoms with Crippen LogP contribution in [0.5, 0.6) is 11.5 Å². The molecule has 1 aromatic rings. The second-order valence-electron chi connectivity index (χ2n) is 3.95. The number of carbonyl (C=O) groups excluding carboxylic acids is 1. The van der Waals surface area contributed by atoms with Crippen molar-refractivity contribution < 1.29 is 15.0 Å². The minimum absolute atomic E-state index is 0.00592. The lowest BCUT2D eigenvalue weighted by Gasteiger charge is -2.06. The number of amides is 1. The lowest BCUT2D eigenvalue weighted by Crippen LogP contribution is -2.26. The zero-order valence-electron chi connectivity index (χ0n) is 9.94. The molecule has 0 aromatic heterocycles. The fraction of sp³-hybridized carbons (Fsp3) is 0.333. The number of hydrogen-bond acceptors (Lipinski definition) is 4. The smallest absolute Gasteiger partial charge is 0.220 e. The van der Waals surface area contributed by atoms with Gasteiger partial charge in [0.25, 0.3) is 0 Å². The number of carbonyl (C=O) groups is 1. The van der Waals surface area contributed by atoms with E-state index in [0.717, 1.165) is 5.56 Å². The first-order valence-electron chi connectivity index (χ1n) is 5.59. The Hall–Kier alpha value is -2.24. The summed E-state index contributed by atoms with van der Waals surface area (Å²) in [6.07, 6.45) is 1.02. The first kappa shape index (κ1) is 13.8. The number of amidine groups is 1. The van der Waals surface area contributed by atoms with E-state index in [9.17, 15) is 9.90 Å². The van der Waals surface area contributed by atoms with Gasteiger partial charge in [-0.3, -0.25) is 10.2 Å². The summed E-state index contributed by atoms with van der Waals surface area (Å²) in [5.74, 6) is -0.499. The van der Waals surface area contributed by atoms with Crippen LogP contribution >= 0.6 is 0 Å². The summed E-state index contributed by atoms with van der Waals surface area (Å²) in [7, 11) is 0. The second kappa shape index (κ2) is 6.48. The van der Waals surface area contributed by atoms with Crippen LogP contribution in [0.25, 0.3) is 0 Å². The average molecular weight is 251 g/mol. The molecule has 6 heteroatoms. The molecule has 0 aliphatic heterocycles. The number of phenolic OH excluding ortho intramolecular Hbond substituents is 2. The van der Waals surface area contributed by atoms with E-state index in [1.165, 1.54) is 12.1 Å². The van der Waals surface area contributed by atoms with Gasteiger partial charge in [0.05, 0.1) is 5.84 Å². The van der Waals surface area contributed by atoms with Crippen molar-refractivity contribution in [2.24, 2.45) is 5.73 Å². The van der Waals surface area contributed by atoms with E-state index in [2.05, 4.69) is 5.32 Å². The monoisotopic (exact) mass is 251 g/mol. The maximum atomic E-state index is 11.3. The number of rotatable bonds is 6. The van der Waals surface area contributed by atoms with E-state index in [4.69, 9.17) is 16.2 Å². The molecule has 0 heterocycles. The van der Waals surface area contributed by atoms with E-state index in [-0.39, 0.29) is 36.1 Å². The molecule has 0 spiro atoms. The molecule has 18 heavy (non-hydrogen) atoms. The third-order valence-electron chi connectivity index (χ3n) is 2.40. The fourth-order valence-corrected chi connectivity index (χ4v) is 1.41. The molecule has 0 aliphatic rings. The van der Waals surface area contributed by atoms with Crippen LogP contribution < -0.4 is 11.1 Å². The molecule has 0 aliphatic carbocycles. The van der Waals surface area contributed by atoms with Gasteiger partial charge in [-0.1, -0.05) is 6.07 Å². The summed E-state index contributed by atoms with van der Waals surface area (Å²) < 4.78 is 0. The highest BCUT2D eigenvalue weighted by Gasteiger charge is 2.03. The third kappa shape index (κ3) is 4.73. The van der Waals surface area contributed by atoms with Crippen molar-refractivity contribution in [1.29, 1.82) is 5.41 Å². The van der Waals surface area contributed by atoms with Gasteiger partial charge >= 0.3 is 0 Å². The van der Waals surface area contributed by atoms with Crippen LogP contribution in [0.2, 0.25) is 0 Å². The topological polar surface area (TPSA) is 119 Å². The molecule has 0 radical (unpaired) electrons. The fourth-order valence-electron chi connectivity index (χ4n) is 1.41. The highest BCUT2D eigenvalue weighted by atomic mass is 16.3. The Morgan fingerprint density at radius 1 is 1.28 bits per heavy atom. The lowest BCUT2D eigenvalue weighted by atomic mass is 10.1. The first-order valence-corrected chi connectivity index (χ1v) is 5.59. The van der Waals surface area contributed by atoms with Crippen molar-refractivity contribution in [2.45, 2.75) is 19.3 Å². The summed E-state index contributed by atoms with van der Waals surface area (Å²) >= 11 is 0. The number of phenols is 2. The van der Waals surface area contributed by atoms with E-state index < -0.39 is 0 Å². The molecule has 0 atom stereocenters. The second-order valence-corrected chi connectivity index (χ2v) is 3.95. The molecule has 0 saturated heterocycles. The van der Waals surface area contributed by atoms with Gasteiger partial charge in [0, 0.05) is 19.4 Å². The van der Waals surface area contributed by atoms with Crippen molar-refractivity contribution in [3.05, 3.63) is 23.8 Å². The van der Waals surface area contributed by atoms with Crippen molar-refractivity contribution in [2.75, 3.05) is 6.54 Å². The number of hydrogen-bond donors (Lipinski definition) is 5. The van der Waals surface area contributed by atoms with E-state index in [1.807, 2.05) is 0 Å². The summed E-state index contributed by atoms with van der Waals surface area (Å²) in [6, 6.07) is 4.54. The van der Waals surface area contributed by atoms with Gasteiger partial charge in [-0.25, -0.2) is 0 Å². The van der Waals surface area contributed by atoms with E-state index in [0.29, 0.717) is 13.0 Å². The van der Waals surface area contributed by atoms with Gasteiger partial charge in [0.15, 0.2) is 11.5 Å². The summed E-state index contributed by atoms with van der Waals surface area (Å²) in [4.78, 5) is 11.3. The Morgan fingerprint density at radius 3 is 2.61 bits per heavy atom. The average Bonchev–Trinajstić information content (AvgIpc) is 2.31. The molecule has 0 unspecified atom stereocenters. The molecule has 6 N–H and O–H groups in total. The largest absolute Gasteiger partial charge is 0.504 e. The molecule has 6 nitrogen and oxygen atoms in total. The minimum Gasteiger partial charge on any atom is -0.504 e. The van der Waals surface area contributed by atoms with E-state index >= 15 is 0 Å². The zero-order chi connectivity index (χ0) is 13.5. The standard InChI is InChI=1S/C12H17N3O3/c13-11(14)3-4-12(18)15-6-5-8-1-2-9(16)10(17)7-8/h1-2,7,16-17H,3-6H2,(H3,13,14)(H,15,18). The Bertz CT molecular complexity index is 446. The first-order chi connectivity index (χ1) is 8.49. The molecule has 1 amide bonds. The molecular weight excluding hydrogens is 234 g/mol. The lowest BCUT2D eigenvalue weighted by molar-refractivity contribution is -0.120.